The fourth-order valence-electron chi connectivity index (χ4n) is 7.82. The van der Waals surface area contributed by atoms with Gasteiger partial charge in [0.15, 0.2) is 0 Å². The lowest BCUT2D eigenvalue weighted by molar-refractivity contribution is -0.224. The zero-order valence-corrected chi connectivity index (χ0v) is 14.0. The van der Waals surface area contributed by atoms with E-state index in [1.807, 2.05) is 0 Å². The quantitative estimate of drug-likeness (QED) is 0.481. The van der Waals surface area contributed by atoms with Gasteiger partial charge in [-0.1, -0.05) is 19.1 Å². The highest BCUT2D eigenvalue weighted by Crippen LogP contribution is 2.77. The standard InChI is InChI=1S/C20H28O2/c1-13-11-19-10-6-15-17(2)7-4-8-20(15,22-16(17)21)18(19,3)9-5-14(13)12-19/h14-15H,1,4-12H2,2-3H3/t14?,15-,17-,18+,19-,20+/m1/s1. The minimum absolute atomic E-state index is 0.118. The Balaban J connectivity index is 1.69. The minimum Gasteiger partial charge on any atom is -0.458 e. The second-order valence-corrected chi connectivity index (χ2v) is 9.53. The molecule has 5 fully saturated rings. The summed E-state index contributed by atoms with van der Waals surface area (Å²) in [5, 5.41) is 0. The summed E-state index contributed by atoms with van der Waals surface area (Å²) in [7, 11) is 0. The van der Waals surface area contributed by atoms with Crippen LogP contribution in [0.1, 0.15) is 71.6 Å². The highest BCUT2D eigenvalue weighted by molar-refractivity contribution is 5.81. The lowest BCUT2D eigenvalue weighted by atomic mass is 9.40. The molecular weight excluding hydrogens is 272 g/mol. The number of esters is 1. The molecule has 4 bridgehead atoms. The van der Waals surface area contributed by atoms with Gasteiger partial charge in [-0.25, -0.2) is 0 Å². The van der Waals surface area contributed by atoms with Crippen molar-refractivity contribution in [1.82, 2.24) is 0 Å². The maximum absolute atomic E-state index is 12.8. The molecule has 4 aliphatic carbocycles. The smallest absolute Gasteiger partial charge is 0.312 e. The Morgan fingerprint density at radius 1 is 1.14 bits per heavy atom. The van der Waals surface area contributed by atoms with Crippen LogP contribution in [0.25, 0.3) is 0 Å². The summed E-state index contributed by atoms with van der Waals surface area (Å²) < 4.78 is 6.36. The summed E-state index contributed by atoms with van der Waals surface area (Å²) in [6.07, 6.45) is 10.8. The van der Waals surface area contributed by atoms with Crippen LogP contribution >= 0.6 is 0 Å². The molecule has 6 atom stereocenters. The topological polar surface area (TPSA) is 26.3 Å². The van der Waals surface area contributed by atoms with Crippen molar-refractivity contribution in [3.8, 4) is 0 Å². The first-order chi connectivity index (χ1) is 10.4. The largest absolute Gasteiger partial charge is 0.458 e. The summed E-state index contributed by atoms with van der Waals surface area (Å²) in [6.45, 7) is 9.08. The van der Waals surface area contributed by atoms with Crippen LogP contribution in [0.15, 0.2) is 12.2 Å². The van der Waals surface area contributed by atoms with Crippen LogP contribution in [-0.2, 0) is 9.53 Å². The predicted molar refractivity (Wildman–Crippen MR) is 85.1 cm³/mol. The first kappa shape index (κ1) is 13.6. The van der Waals surface area contributed by atoms with Gasteiger partial charge in [0.1, 0.15) is 5.60 Å². The molecule has 0 amide bonds. The zero-order chi connectivity index (χ0) is 15.4. The van der Waals surface area contributed by atoms with Gasteiger partial charge in [0.05, 0.1) is 5.41 Å². The first-order valence-electron chi connectivity index (χ1n) is 9.28. The Labute approximate surface area is 133 Å². The van der Waals surface area contributed by atoms with Gasteiger partial charge in [-0.15, -0.1) is 0 Å². The predicted octanol–water partition coefficient (Wildman–Crippen LogP) is 4.63. The van der Waals surface area contributed by atoms with Crippen LogP contribution in [-0.4, -0.2) is 11.6 Å². The molecule has 120 valence electrons. The van der Waals surface area contributed by atoms with Crippen molar-refractivity contribution in [2.24, 2.45) is 28.1 Å². The van der Waals surface area contributed by atoms with Gasteiger partial charge in [0.25, 0.3) is 0 Å². The summed E-state index contributed by atoms with van der Waals surface area (Å²) in [5.41, 5.74) is 1.67. The number of carbonyl (C=O) groups excluding carboxylic acids is 1. The van der Waals surface area contributed by atoms with Gasteiger partial charge < -0.3 is 4.74 Å². The average Bonchev–Trinajstić information content (AvgIpc) is 2.80. The molecule has 5 aliphatic rings. The lowest BCUT2D eigenvalue weighted by Crippen LogP contribution is -2.65. The van der Waals surface area contributed by atoms with Crippen molar-refractivity contribution in [1.29, 1.82) is 0 Å². The Morgan fingerprint density at radius 3 is 2.77 bits per heavy atom. The number of hydrogen-bond donors (Lipinski definition) is 0. The molecule has 0 aromatic carbocycles. The number of carbonyl (C=O) groups is 1. The summed E-state index contributed by atoms with van der Waals surface area (Å²) in [6, 6.07) is 0. The molecule has 1 aliphatic heterocycles. The third kappa shape index (κ3) is 1.16. The second-order valence-electron chi connectivity index (χ2n) is 9.53. The van der Waals surface area contributed by atoms with E-state index in [4.69, 9.17) is 4.74 Å². The molecule has 1 saturated heterocycles. The third-order valence-corrected chi connectivity index (χ3v) is 9.11. The van der Waals surface area contributed by atoms with E-state index in [2.05, 4.69) is 20.4 Å². The number of rotatable bonds is 0. The maximum atomic E-state index is 12.8. The molecule has 5 rings (SSSR count). The van der Waals surface area contributed by atoms with Crippen molar-refractivity contribution in [2.45, 2.75) is 77.2 Å². The van der Waals surface area contributed by atoms with Crippen molar-refractivity contribution >= 4 is 5.97 Å². The van der Waals surface area contributed by atoms with Crippen molar-refractivity contribution in [2.75, 3.05) is 0 Å². The van der Waals surface area contributed by atoms with Gasteiger partial charge in [-0.05, 0) is 76.0 Å². The average molecular weight is 300 g/mol. The van der Waals surface area contributed by atoms with Crippen LogP contribution in [0.2, 0.25) is 0 Å². The summed E-state index contributed by atoms with van der Waals surface area (Å²) in [4.78, 5) is 12.8. The zero-order valence-electron chi connectivity index (χ0n) is 14.0. The molecule has 4 saturated carbocycles. The van der Waals surface area contributed by atoms with Gasteiger partial charge in [-0.3, -0.25) is 4.79 Å². The van der Waals surface area contributed by atoms with E-state index in [1.165, 1.54) is 44.1 Å². The molecule has 2 heteroatoms. The van der Waals surface area contributed by atoms with Crippen molar-refractivity contribution in [3.63, 3.8) is 0 Å². The maximum Gasteiger partial charge on any atom is 0.312 e. The molecule has 0 radical (unpaired) electrons. The van der Waals surface area contributed by atoms with E-state index >= 15 is 0 Å². The third-order valence-electron chi connectivity index (χ3n) is 9.11. The van der Waals surface area contributed by atoms with Gasteiger partial charge >= 0.3 is 5.97 Å². The first-order valence-corrected chi connectivity index (χ1v) is 9.28. The van der Waals surface area contributed by atoms with Crippen molar-refractivity contribution < 1.29 is 9.53 Å². The molecule has 0 aromatic heterocycles. The Bertz CT molecular complexity index is 595. The van der Waals surface area contributed by atoms with Gasteiger partial charge in [0, 0.05) is 11.3 Å². The Kier molecular flexibility index (Phi) is 2.26. The molecule has 0 aromatic rings. The highest BCUT2D eigenvalue weighted by Gasteiger charge is 2.77. The Morgan fingerprint density at radius 2 is 1.95 bits per heavy atom. The van der Waals surface area contributed by atoms with Gasteiger partial charge in [0.2, 0.25) is 0 Å². The number of hydrogen-bond acceptors (Lipinski definition) is 2. The number of fused-ring (bicyclic) bond motifs is 1. The van der Waals surface area contributed by atoms with Crippen LogP contribution in [0.4, 0.5) is 0 Å². The van der Waals surface area contributed by atoms with E-state index in [0.29, 0.717) is 11.3 Å². The number of ether oxygens (including phenoxy) is 1. The van der Waals surface area contributed by atoms with Crippen LogP contribution in [0.5, 0.6) is 0 Å². The van der Waals surface area contributed by atoms with Crippen LogP contribution < -0.4 is 0 Å². The molecule has 22 heavy (non-hydrogen) atoms. The fourth-order valence-corrected chi connectivity index (χ4v) is 7.82. The fraction of sp³-hybridized carbons (Fsp3) is 0.850. The molecule has 1 unspecified atom stereocenters. The summed E-state index contributed by atoms with van der Waals surface area (Å²) >= 11 is 0. The van der Waals surface area contributed by atoms with E-state index < -0.39 is 0 Å². The normalized spacial score (nSPS) is 59.0. The molecule has 2 nitrogen and oxygen atoms in total. The minimum atomic E-state index is -0.199. The monoisotopic (exact) mass is 300 g/mol. The molecule has 1 heterocycles. The molecular formula is C20H28O2. The van der Waals surface area contributed by atoms with E-state index in [9.17, 15) is 4.79 Å². The van der Waals surface area contributed by atoms with Crippen LogP contribution in [0, 0.1) is 28.1 Å². The number of allylic oxidation sites excluding steroid dienone is 1. The lowest BCUT2D eigenvalue weighted by Gasteiger charge is -2.65. The van der Waals surface area contributed by atoms with E-state index in [0.717, 1.165) is 25.2 Å². The highest BCUT2D eigenvalue weighted by atomic mass is 16.6. The van der Waals surface area contributed by atoms with E-state index in [1.54, 1.807) is 0 Å². The second kappa shape index (κ2) is 3.65. The van der Waals surface area contributed by atoms with Crippen LogP contribution in [0.3, 0.4) is 0 Å². The molecule has 1 spiro atoms. The Hall–Kier alpha value is -0.790. The molecule has 0 N–H and O–H groups in total. The SMILES string of the molecule is C=C1C[C@@]23CC[C@@H]4[C@@]5(C)CCC[C@@]4(OC5=O)[C@@]2(C)CCC1C3. The van der Waals surface area contributed by atoms with Gasteiger partial charge in [-0.2, -0.15) is 0 Å². The van der Waals surface area contributed by atoms with Crippen molar-refractivity contribution in [3.05, 3.63) is 12.2 Å². The van der Waals surface area contributed by atoms with E-state index in [-0.39, 0.29) is 22.4 Å². The summed E-state index contributed by atoms with van der Waals surface area (Å²) in [5.74, 6) is 1.32.